The molecule has 36 heavy (non-hydrogen) atoms. The molecule has 0 radical (unpaired) electrons. The molecule has 0 spiro atoms. The van der Waals surface area contributed by atoms with Gasteiger partial charge in [-0.1, -0.05) is 23.7 Å². The molecule has 0 saturated carbocycles. The maximum absolute atomic E-state index is 13.4. The van der Waals surface area contributed by atoms with Gasteiger partial charge in [-0.25, -0.2) is 28.4 Å². The van der Waals surface area contributed by atoms with Crippen LogP contribution in [0.5, 0.6) is 0 Å². The van der Waals surface area contributed by atoms with E-state index in [1.807, 2.05) is 0 Å². The van der Waals surface area contributed by atoms with Crippen LogP contribution in [0.1, 0.15) is 21.7 Å². The highest BCUT2D eigenvalue weighted by molar-refractivity contribution is 7.90. The average Bonchev–Trinajstić information content (AvgIpc) is 2.82. The van der Waals surface area contributed by atoms with Gasteiger partial charge < -0.3 is 10.6 Å². The van der Waals surface area contributed by atoms with Crippen LogP contribution < -0.4 is 10.6 Å². The predicted octanol–water partition coefficient (Wildman–Crippen LogP) is 3.92. The summed E-state index contributed by atoms with van der Waals surface area (Å²) in [6.07, 6.45) is -1.17. The van der Waals surface area contributed by atoms with Crippen LogP contribution in [0, 0.1) is 0 Å². The lowest BCUT2D eigenvalue weighted by molar-refractivity contribution is -0.145. The van der Waals surface area contributed by atoms with Crippen molar-refractivity contribution in [3.05, 3.63) is 77.0 Å². The Morgan fingerprint density at radius 2 is 1.81 bits per heavy atom. The summed E-state index contributed by atoms with van der Waals surface area (Å²) >= 11 is 6.01. The van der Waals surface area contributed by atoms with E-state index in [2.05, 4.69) is 19.9 Å². The molecule has 0 atom stereocenters. The van der Waals surface area contributed by atoms with Crippen molar-refractivity contribution in [3.8, 4) is 0 Å². The number of sulfone groups is 1. The Hall–Kier alpha value is -3.84. The number of nitrogens with zero attached hydrogens (tertiary/aromatic N) is 5. The molecule has 9 nitrogen and oxygen atoms in total. The Balaban J connectivity index is 1.81. The fourth-order valence-electron chi connectivity index (χ4n) is 3.36. The number of nitrogens with two attached hydrogens (primary N) is 1. The molecule has 1 amide bonds. The quantitative estimate of drug-likeness (QED) is 0.406. The van der Waals surface area contributed by atoms with Gasteiger partial charge in [-0.3, -0.25) is 4.79 Å². The van der Waals surface area contributed by atoms with E-state index in [0.717, 1.165) is 23.5 Å². The third-order valence-corrected chi connectivity index (χ3v) is 6.31. The van der Waals surface area contributed by atoms with Gasteiger partial charge in [0.1, 0.15) is 5.82 Å². The van der Waals surface area contributed by atoms with Crippen molar-refractivity contribution in [3.63, 3.8) is 0 Å². The van der Waals surface area contributed by atoms with Crippen molar-refractivity contribution in [1.82, 2.24) is 19.9 Å². The lowest BCUT2D eigenvalue weighted by atomic mass is 10.1. The molecule has 0 saturated heterocycles. The number of aromatic nitrogens is 4. The molecular formula is C22H16ClF3N6O3S. The monoisotopic (exact) mass is 536 g/mol. The number of carbonyl (C=O) groups excluding carboxylic acids is 1. The zero-order valence-corrected chi connectivity index (χ0v) is 19.9. The molecule has 0 aliphatic rings. The van der Waals surface area contributed by atoms with Crippen molar-refractivity contribution in [2.24, 2.45) is 0 Å². The second-order valence-corrected chi connectivity index (χ2v) is 10.0. The van der Waals surface area contributed by atoms with E-state index >= 15 is 0 Å². The van der Waals surface area contributed by atoms with Crippen LogP contribution in [0.25, 0.3) is 10.9 Å². The summed E-state index contributed by atoms with van der Waals surface area (Å²) in [5.74, 6) is -2.16. The van der Waals surface area contributed by atoms with E-state index in [-0.39, 0.29) is 33.7 Å². The fraction of sp³-hybridized carbons (Fsp3) is 0.136. The minimum Gasteiger partial charge on any atom is -0.382 e. The van der Waals surface area contributed by atoms with Gasteiger partial charge in [0.15, 0.2) is 14.9 Å². The largest absolute Gasteiger partial charge is 0.451 e. The van der Waals surface area contributed by atoms with Gasteiger partial charge in [0, 0.05) is 30.2 Å². The number of benzene rings is 1. The molecule has 0 unspecified atom stereocenters. The van der Waals surface area contributed by atoms with Gasteiger partial charge >= 0.3 is 6.18 Å². The number of nitrogen functional groups attached to an aromatic ring is 1. The summed E-state index contributed by atoms with van der Waals surface area (Å²) in [6, 6.07) is 9.39. The van der Waals surface area contributed by atoms with E-state index in [1.165, 1.54) is 18.3 Å². The molecule has 0 aliphatic heterocycles. The summed E-state index contributed by atoms with van der Waals surface area (Å²) in [7, 11) is -3.89. The van der Waals surface area contributed by atoms with Gasteiger partial charge in [-0.05, 0) is 29.8 Å². The number of hydrogen-bond donors (Lipinski definition) is 1. The molecular weight excluding hydrogens is 521 g/mol. The first-order valence-corrected chi connectivity index (χ1v) is 12.3. The molecule has 4 rings (SSSR count). The fourth-order valence-corrected chi connectivity index (χ4v) is 4.33. The zero-order valence-electron chi connectivity index (χ0n) is 18.4. The van der Waals surface area contributed by atoms with Crippen LogP contribution in [-0.4, -0.2) is 40.5 Å². The van der Waals surface area contributed by atoms with Crippen LogP contribution in [0.3, 0.4) is 0 Å². The summed E-state index contributed by atoms with van der Waals surface area (Å²) in [6.45, 7) is -0.186. The number of pyridine rings is 2. The molecule has 3 aromatic heterocycles. The van der Waals surface area contributed by atoms with Gasteiger partial charge in [0.25, 0.3) is 5.91 Å². The number of halogens is 4. The van der Waals surface area contributed by atoms with Crippen molar-refractivity contribution < 1.29 is 26.4 Å². The Bertz CT molecular complexity index is 1580. The van der Waals surface area contributed by atoms with Crippen molar-refractivity contribution >= 4 is 49.8 Å². The third-order valence-electron chi connectivity index (χ3n) is 4.99. The zero-order chi connectivity index (χ0) is 26.3. The van der Waals surface area contributed by atoms with Gasteiger partial charge in [-0.2, -0.15) is 13.2 Å². The van der Waals surface area contributed by atoms with Crippen LogP contribution in [0.4, 0.5) is 24.7 Å². The number of fused-ring (bicyclic) bond motifs is 1. The minimum absolute atomic E-state index is 0.0754. The standard InChI is InChI=1S/C22H16ClF3N6O3S/c1-36(34,35)19-17(3-2-6-28-19)32(20(33)14-9-29-21(30-10-14)22(24,25)26)11-12-4-5-13-8-15(23)18(27)31-16(13)7-12/h2-10H,11H2,1H3,(H2,27,31). The summed E-state index contributed by atoms with van der Waals surface area (Å²) in [4.78, 5) is 29.1. The van der Waals surface area contributed by atoms with E-state index in [4.69, 9.17) is 17.3 Å². The van der Waals surface area contributed by atoms with Crippen molar-refractivity contribution in [2.75, 3.05) is 16.9 Å². The SMILES string of the molecule is CS(=O)(=O)c1ncccc1N(Cc1ccc2cc(Cl)c(N)nc2c1)C(=O)c1cnc(C(F)(F)F)nc1. The highest BCUT2D eigenvalue weighted by atomic mass is 35.5. The van der Waals surface area contributed by atoms with E-state index in [1.54, 1.807) is 24.3 Å². The van der Waals surface area contributed by atoms with E-state index in [0.29, 0.717) is 16.5 Å². The molecule has 0 bridgehead atoms. The second-order valence-electron chi connectivity index (χ2n) is 7.67. The van der Waals surface area contributed by atoms with Gasteiger partial charge in [0.2, 0.25) is 5.82 Å². The number of rotatable bonds is 5. The number of carbonyl (C=O) groups is 1. The van der Waals surface area contributed by atoms with Crippen LogP contribution in [0.2, 0.25) is 5.02 Å². The smallest absolute Gasteiger partial charge is 0.382 e. The number of amides is 1. The topological polar surface area (TPSA) is 132 Å². The molecule has 2 N–H and O–H groups in total. The Morgan fingerprint density at radius 3 is 2.44 bits per heavy atom. The highest BCUT2D eigenvalue weighted by Crippen LogP contribution is 2.29. The molecule has 1 aromatic carbocycles. The number of anilines is 2. The predicted molar refractivity (Wildman–Crippen MR) is 126 cm³/mol. The van der Waals surface area contributed by atoms with E-state index < -0.39 is 27.7 Å². The molecule has 0 fully saturated rings. The van der Waals surface area contributed by atoms with Gasteiger partial charge in [0.05, 0.1) is 28.3 Å². The average molecular weight is 537 g/mol. The van der Waals surface area contributed by atoms with Crippen molar-refractivity contribution in [2.45, 2.75) is 17.7 Å². The van der Waals surface area contributed by atoms with E-state index in [9.17, 15) is 26.4 Å². The minimum atomic E-state index is -4.79. The van der Waals surface area contributed by atoms with Crippen LogP contribution >= 0.6 is 11.6 Å². The molecule has 14 heteroatoms. The summed E-state index contributed by atoms with van der Waals surface area (Å²) in [5.41, 5.74) is 6.40. The Morgan fingerprint density at radius 1 is 1.11 bits per heavy atom. The van der Waals surface area contributed by atoms with Gasteiger partial charge in [-0.15, -0.1) is 0 Å². The molecule has 0 aliphatic carbocycles. The second kappa shape index (κ2) is 9.32. The number of hydrogen-bond acceptors (Lipinski definition) is 8. The molecule has 186 valence electrons. The lowest BCUT2D eigenvalue weighted by Gasteiger charge is -2.24. The maximum Gasteiger partial charge on any atom is 0.451 e. The lowest BCUT2D eigenvalue weighted by Crippen LogP contribution is -2.32. The first kappa shape index (κ1) is 25.3. The normalized spacial score (nSPS) is 12.0. The first-order chi connectivity index (χ1) is 16.8. The Labute approximate surface area is 207 Å². The van der Waals surface area contributed by atoms with Crippen LogP contribution in [-0.2, 0) is 22.6 Å². The first-order valence-electron chi connectivity index (χ1n) is 10.1. The highest BCUT2D eigenvalue weighted by Gasteiger charge is 2.35. The van der Waals surface area contributed by atoms with Crippen LogP contribution in [0.15, 0.2) is 60.0 Å². The third kappa shape index (κ3) is 5.21. The van der Waals surface area contributed by atoms with Crippen molar-refractivity contribution in [1.29, 1.82) is 0 Å². The molecule has 4 aromatic rings. The summed E-state index contributed by atoms with van der Waals surface area (Å²) < 4.78 is 63.4. The molecule has 3 heterocycles. The maximum atomic E-state index is 13.4. The Kier molecular flexibility index (Phi) is 6.54. The summed E-state index contributed by atoms with van der Waals surface area (Å²) in [5, 5.41) is 0.550. The number of alkyl halides is 3.